The maximum atomic E-state index is 14.1. The number of rotatable bonds is 8. The summed E-state index contributed by atoms with van der Waals surface area (Å²) in [4.78, 5) is 28.1. The second-order valence-corrected chi connectivity index (χ2v) is 8.88. The molecule has 6 heteroatoms. The molecule has 1 heterocycles. The van der Waals surface area contributed by atoms with Gasteiger partial charge in [-0.05, 0) is 66.3 Å². The molecule has 0 aliphatic carbocycles. The molecule has 1 aliphatic rings. The first-order valence-electron chi connectivity index (χ1n) is 12.2. The van der Waals surface area contributed by atoms with Crippen molar-refractivity contribution in [1.82, 2.24) is 0 Å². The van der Waals surface area contributed by atoms with Crippen LogP contribution in [0, 0.1) is 5.82 Å². The van der Waals surface area contributed by atoms with Gasteiger partial charge < -0.3 is 9.84 Å². The highest BCUT2D eigenvalue weighted by atomic mass is 19.1. The zero-order valence-corrected chi connectivity index (χ0v) is 20.8. The number of ether oxygens (including phenoxy) is 1. The molecule has 1 atom stereocenters. The lowest BCUT2D eigenvalue weighted by Gasteiger charge is -2.26. The van der Waals surface area contributed by atoms with Gasteiger partial charge in [-0.25, -0.2) is 4.39 Å². The number of carbonyl (C=O) groups excluding carboxylic acids is 2. The van der Waals surface area contributed by atoms with E-state index in [0.717, 1.165) is 42.9 Å². The normalized spacial score (nSPS) is 17.0. The molecule has 1 fully saturated rings. The van der Waals surface area contributed by atoms with Crippen molar-refractivity contribution in [3.05, 3.63) is 100 Å². The van der Waals surface area contributed by atoms with Crippen LogP contribution in [0.5, 0.6) is 5.75 Å². The molecular formula is C30H30FNO4. The number of methoxy groups -OCH3 is 1. The Morgan fingerprint density at radius 1 is 0.972 bits per heavy atom. The molecule has 1 aliphatic heterocycles. The summed E-state index contributed by atoms with van der Waals surface area (Å²) >= 11 is 0. The van der Waals surface area contributed by atoms with Crippen LogP contribution < -0.4 is 9.64 Å². The molecule has 5 nitrogen and oxygen atoms in total. The lowest BCUT2D eigenvalue weighted by atomic mass is 9.94. The van der Waals surface area contributed by atoms with Crippen LogP contribution in [0.3, 0.4) is 0 Å². The summed E-state index contributed by atoms with van der Waals surface area (Å²) in [6.45, 7) is 4.17. The fourth-order valence-corrected chi connectivity index (χ4v) is 4.56. The molecule has 186 valence electrons. The predicted octanol–water partition coefficient (Wildman–Crippen LogP) is 6.37. The molecule has 0 aromatic heterocycles. The second-order valence-electron chi connectivity index (χ2n) is 8.88. The first-order chi connectivity index (χ1) is 17.4. The van der Waals surface area contributed by atoms with Crippen molar-refractivity contribution in [3.63, 3.8) is 0 Å². The molecule has 0 saturated carbocycles. The number of Topliss-reactive ketones (excluding diaryl/α,β-unsaturated/α-hetero) is 1. The first kappa shape index (κ1) is 25.2. The topological polar surface area (TPSA) is 66.8 Å². The summed E-state index contributed by atoms with van der Waals surface area (Å²) in [6, 6.07) is 17.9. The Morgan fingerprint density at radius 3 is 2.25 bits per heavy atom. The van der Waals surface area contributed by atoms with Crippen LogP contribution in [0.2, 0.25) is 0 Å². The van der Waals surface area contributed by atoms with E-state index in [4.69, 9.17) is 4.74 Å². The van der Waals surface area contributed by atoms with Crippen molar-refractivity contribution in [2.75, 3.05) is 12.0 Å². The number of ketones is 1. The Bertz CT molecular complexity index is 1300. The van der Waals surface area contributed by atoms with Gasteiger partial charge in [-0.15, -0.1) is 0 Å². The maximum Gasteiger partial charge on any atom is 0.300 e. The van der Waals surface area contributed by atoms with Crippen LogP contribution in [0.4, 0.5) is 10.1 Å². The van der Waals surface area contributed by atoms with Crippen LogP contribution >= 0.6 is 0 Å². The zero-order chi connectivity index (χ0) is 25.8. The molecular weight excluding hydrogens is 457 g/mol. The SMILES string of the molecule is CCCCc1ccc(N2C(=O)C(=O)/C(=C(/O)c3cc(F)ccc3OC)C2c2ccc(CC)cc2)cc1. The number of aliphatic hydroxyl groups excluding tert-OH is 1. The number of halogens is 1. The van der Waals surface area contributed by atoms with Gasteiger partial charge in [-0.3, -0.25) is 14.5 Å². The van der Waals surface area contributed by atoms with Crippen LogP contribution in [-0.2, 0) is 22.4 Å². The fraction of sp³-hybridized carbons (Fsp3) is 0.267. The smallest absolute Gasteiger partial charge is 0.300 e. The minimum absolute atomic E-state index is 0.0144. The van der Waals surface area contributed by atoms with Gasteiger partial charge >= 0.3 is 0 Å². The number of aliphatic hydroxyl groups is 1. The van der Waals surface area contributed by atoms with Crippen LogP contribution in [0.25, 0.3) is 5.76 Å². The van der Waals surface area contributed by atoms with E-state index in [9.17, 15) is 19.1 Å². The zero-order valence-electron chi connectivity index (χ0n) is 20.8. The number of hydrogen-bond donors (Lipinski definition) is 1. The van der Waals surface area contributed by atoms with E-state index in [-0.39, 0.29) is 16.9 Å². The molecule has 3 aromatic rings. The molecule has 0 bridgehead atoms. The van der Waals surface area contributed by atoms with Gasteiger partial charge in [0.05, 0.1) is 24.3 Å². The predicted molar refractivity (Wildman–Crippen MR) is 139 cm³/mol. The van der Waals surface area contributed by atoms with Gasteiger partial charge in [0, 0.05) is 5.69 Å². The molecule has 1 N–H and O–H groups in total. The molecule has 1 unspecified atom stereocenters. The minimum Gasteiger partial charge on any atom is -0.507 e. The van der Waals surface area contributed by atoms with E-state index in [2.05, 4.69) is 6.92 Å². The number of nitrogens with zero attached hydrogens (tertiary/aromatic N) is 1. The Labute approximate surface area is 210 Å². The lowest BCUT2D eigenvalue weighted by Crippen LogP contribution is -2.29. The Balaban J connectivity index is 1.89. The summed E-state index contributed by atoms with van der Waals surface area (Å²) in [5.41, 5.74) is 3.36. The van der Waals surface area contributed by atoms with E-state index < -0.39 is 29.3 Å². The number of anilines is 1. The van der Waals surface area contributed by atoms with Gasteiger partial charge in [0.15, 0.2) is 0 Å². The summed E-state index contributed by atoms with van der Waals surface area (Å²) in [6.07, 6.45) is 3.90. The molecule has 3 aromatic carbocycles. The van der Waals surface area contributed by atoms with E-state index in [1.807, 2.05) is 55.5 Å². The Kier molecular flexibility index (Phi) is 7.53. The van der Waals surface area contributed by atoms with Crippen molar-refractivity contribution in [3.8, 4) is 5.75 Å². The van der Waals surface area contributed by atoms with Gasteiger partial charge in [-0.1, -0.05) is 56.7 Å². The largest absolute Gasteiger partial charge is 0.507 e. The lowest BCUT2D eigenvalue weighted by molar-refractivity contribution is -0.132. The summed E-state index contributed by atoms with van der Waals surface area (Å²) in [5, 5.41) is 11.3. The standard InChI is InChI=1S/C30H30FNO4/c1-4-6-7-20-10-15-23(16-11-20)32-27(21-12-8-19(5-2)9-13-21)26(29(34)30(32)35)28(33)24-18-22(31)14-17-25(24)36-3/h8-18,27,33H,4-7H2,1-3H3/b28-26+. The molecule has 4 rings (SSSR count). The van der Waals surface area contributed by atoms with Crippen molar-refractivity contribution < 1.29 is 23.8 Å². The van der Waals surface area contributed by atoms with Crippen molar-refractivity contribution in [1.29, 1.82) is 0 Å². The number of aryl methyl sites for hydroxylation is 2. The van der Waals surface area contributed by atoms with Crippen molar-refractivity contribution >= 4 is 23.1 Å². The highest BCUT2D eigenvalue weighted by Crippen LogP contribution is 2.43. The summed E-state index contributed by atoms with van der Waals surface area (Å²) in [7, 11) is 1.39. The summed E-state index contributed by atoms with van der Waals surface area (Å²) < 4.78 is 19.4. The van der Waals surface area contributed by atoms with Crippen LogP contribution in [0.15, 0.2) is 72.3 Å². The van der Waals surface area contributed by atoms with Gasteiger partial charge in [0.2, 0.25) is 0 Å². The van der Waals surface area contributed by atoms with Crippen molar-refractivity contribution in [2.24, 2.45) is 0 Å². The number of hydrogen-bond acceptors (Lipinski definition) is 4. The van der Waals surface area contributed by atoms with Crippen molar-refractivity contribution in [2.45, 2.75) is 45.6 Å². The van der Waals surface area contributed by atoms with Gasteiger partial charge in [-0.2, -0.15) is 0 Å². The average molecular weight is 488 g/mol. The average Bonchev–Trinajstić information content (AvgIpc) is 3.17. The van der Waals surface area contributed by atoms with Gasteiger partial charge in [0.25, 0.3) is 11.7 Å². The molecule has 36 heavy (non-hydrogen) atoms. The summed E-state index contributed by atoms with van der Waals surface area (Å²) in [5.74, 6) is -2.47. The van der Waals surface area contributed by atoms with E-state index in [1.165, 1.54) is 24.1 Å². The second kappa shape index (κ2) is 10.8. The number of unbranched alkanes of at least 4 members (excludes halogenated alkanes) is 1. The molecule has 1 amide bonds. The molecule has 1 saturated heterocycles. The highest BCUT2D eigenvalue weighted by Gasteiger charge is 2.47. The van der Waals surface area contributed by atoms with Gasteiger partial charge in [0.1, 0.15) is 17.3 Å². The first-order valence-corrected chi connectivity index (χ1v) is 12.2. The quantitative estimate of drug-likeness (QED) is 0.228. The molecule has 0 radical (unpaired) electrons. The van der Waals surface area contributed by atoms with E-state index in [0.29, 0.717) is 11.3 Å². The third-order valence-electron chi connectivity index (χ3n) is 6.60. The van der Waals surface area contributed by atoms with E-state index in [1.54, 1.807) is 0 Å². The number of amides is 1. The Morgan fingerprint density at radius 2 is 1.64 bits per heavy atom. The third kappa shape index (κ3) is 4.76. The maximum absolute atomic E-state index is 14.1. The third-order valence-corrected chi connectivity index (χ3v) is 6.60. The fourth-order valence-electron chi connectivity index (χ4n) is 4.56. The van der Waals surface area contributed by atoms with Crippen LogP contribution in [-0.4, -0.2) is 23.9 Å². The van der Waals surface area contributed by atoms with Crippen LogP contribution in [0.1, 0.15) is 55.0 Å². The number of benzene rings is 3. The number of carbonyl (C=O) groups is 2. The Hall–Kier alpha value is -3.93. The monoisotopic (exact) mass is 487 g/mol. The minimum atomic E-state index is -0.884. The van der Waals surface area contributed by atoms with E-state index >= 15 is 0 Å². The highest BCUT2D eigenvalue weighted by molar-refractivity contribution is 6.51. The molecule has 0 spiro atoms.